The second-order valence-electron chi connectivity index (χ2n) is 12.9. The fourth-order valence-corrected chi connectivity index (χ4v) is 7.94. The van der Waals surface area contributed by atoms with Gasteiger partial charge in [0.15, 0.2) is 0 Å². The third-order valence-corrected chi connectivity index (χ3v) is 10.1. The van der Waals surface area contributed by atoms with Crippen molar-refractivity contribution in [2.24, 2.45) is 0 Å². The number of benzene rings is 10. The van der Waals surface area contributed by atoms with Crippen molar-refractivity contribution in [2.45, 2.75) is 0 Å². The standard InChI is InChI=1S/C48H32N2/c1-3-17-37(18-4-1)49(43-23-11-15-33-13-7-9-21-39(33)43)45-31-27-35-25-26-36-28-32-46(42-30-29-41(45)47(35)48(36)42)50(38-19-5-2-6-20-38)44-24-12-16-34-14-8-10-22-40(34)44/h1-32H. The van der Waals surface area contributed by atoms with E-state index in [1.165, 1.54) is 53.9 Å². The van der Waals surface area contributed by atoms with Gasteiger partial charge in [-0.25, -0.2) is 0 Å². The second kappa shape index (κ2) is 11.5. The maximum Gasteiger partial charge on any atom is 0.0540 e. The molecule has 0 N–H and O–H groups in total. The van der Waals surface area contributed by atoms with Crippen molar-refractivity contribution in [3.8, 4) is 0 Å². The van der Waals surface area contributed by atoms with Gasteiger partial charge in [-0.05, 0) is 80.8 Å². The van der Waals surface area contributed by atoms with Crippen molar-refractivity contribution in [1.29, 1.82) is 0 Å². The van der Waals surface area contributed by atoms with Gasteiger partial charge in [0, 0.05) is 32.9 Å². The van der Waals surface area contributed by atoms with Gasteiger partial charge in [-0.3, -0.25) is 0 Å². The van der Waals surface area contributed by atoms with Gasteiger partial charge in [0.2, 0.25) is 0 Å². The van der Waals surface area contributed by atoms with E-state index < -0.39 is 0 Å². The molecule has 0 unspecified atom stereocenters. The van der Waals surface area contributed by atoms with E-state index >= 15 is 0 Å². The molecule has 0 radical (unpaired) electrons. The van der Waals surface area contributed by atoms with E-state index in [0.29, 0.717) is 0 Å². The minimum Gasteiger partial charge on any atom is -0.309 e. The summed E-state index contributed by atoms with van der Waals surface area (Å²) >= 11 is 0. The molecule has 0 bridgehead atoms. The highest BCUT2D eigenvalue weighted by atomic mass is 15.2. The number of anilines is 6. The summed E-state index contributed by atoms with van der Waals surface area (Å²) in [4.78, 5) is 4.86. The Kier molecular flexibility index (Phi) is 6.53. The predicted octanol–water partition coefficient (Wildman–Crippen LogP) is 13.8. The largest absolute Gasteiger partial charge is 0.309 e. The minimum absolute atomic E-state index is 1.13. The van der Waals surface area contributed by atoms with Crippen molar-refractivity contribution >= 4 is 88.0 Å². The van der Waals surface area contributed by atoms with Gasteiger partial charge in [0.05, 0.1) is 22.7 Å². The van der Waals surface area contributed by atoms with Crippen molar-refractivity contribution in [2.75, 3.05) is 9.80 Å². The first-order valence-corrected chi connectivity index (χ1v) is 17.2. The van der Waals surface area contributed by atoms with E-state index in [-0.39, 0.29) is 0 Å². The number of nitrogens with zero attached hydrogens (tertiary/aromatic N) is 2. The van der Waals surface area contributed by atoms with Gasteiger partial charge in [0.1, 0.15) is 0 Å². The average Bonchev–Trinajstić information content (AvgIpc) is 3.19. The molecule has 0 fully saturated rings. The van der Waals surface area contributed by atoms with Gasteiger partial charge >= 0.3 is 0 Å². The first kappa shape index (κ1) is 28.4. The number of fused-ring (bicyclic) bond motifs is 2. The molecule has 0 aliphatic heterocycles. The molecular formula is C48H32N2. The molecule has 2 heteroatoms. The summed E-state index contributed by atoms with van der Waals surface area (Å²) in [6.45, 7) is 0. The van der Waals surface area contributed by atoms with Crippen molar-refractivity contribution in [3.05, 3.63) is 194 Å². The SMILES string of the molecule is c1ccc(N(c2cccc3ccccc23)c2ccc3ccc4ccc(N(c5ccccc5)c5cccc6ccccc56)c5ccc2c3c45)cc1. The molecule has 0 aliphatic rings. The Bertz CT molecular complexity index is 2620. The Balaban J connectivity index is 1.27. The molecule has 10 aromatic carbocycles. The van der Waals surface area contributed by atoms with Gasteiger partial charge in [0.25, 0.3) is 0 Å². The van der Waals surface area contributed by atoms with Crippen LogP contribution in [0.1, 0.15) is 0 Å². The van der Waals surface area contributed by atoms with E-state index in [2.05, 4.69) is 204 Å². The van der Waals surface area contributed by atoms with Crippen LogP contribution in [0.25, 0.3) is 53.9 Å². The molecule has 0 aliphatic carbocycles. The summed E-state index contributed by atoms with van der Waals surface area (Å²) in [5.41, 5.74) is 6.91. The lowest BCUT2D eigenvalue weighted by molar-refractivity contribution is 1.31. The molecule has 10 aromatic rings. The summed E-state index contributed by atoms with van der Waals surface area (Å²) in [5, 5.41) is 12.4. The number of hydrogen-bond donors (Lipinski definition) is 0. The predicted molar refractivity (Wildman–Crippen MR) is 215 cm³/mol. The van der Waals surface area contributed by atoms with Gasteiger partial charge in [-0.15, -0.1) is 0 Å². The third-order valence-electron chi connectivity index (χ3n) is 10.1. The van der Waals surface area contributed by atoms with E-state index in [1.807, 2.05) is 0 Å². The highest BCUT2D eigenvalue weighted by Gasteiger charge is 2.23. The molecule has 0 saturated carbocycles. The lowest BCUT2D eigenvalue weighted by atomic mass is 9.91. The number of para-hydroxylation sites is 2. The Morgan fingerprint density at radius 1 is 0.220 bits per heavy atom. The van der Waals surface area contributed by atoms with Gasteiger partial charge in [-0.1, -0.05) is 146 Å². The average molecular weight is 637 g/mol. The molecule has 0 spiro atoms. The van der Waals surface area contributed by atoms with E-state index in [4.69, 9.17) is 0 Å². The Morgan fingerprint density at radius 2 is 0.580 bits per heavy atom. The second-order valence-corrected chi connectivity index (χ2v) is 12.9. The lowest BCUT2D eigenvalue weighted by Gasteiger charge is -2.30. The summed E-state index contributed by atoms with van der Waals surface area (Å²) < 4.78 is 0. The molecule has 234 valence electrons. The van der Waals surface area contributed by atoms with Crippen LogP contribution in [0, 0.1) is 0 Å². The van der Waals surface area contributed by atoms with Gasteiger partial charge < -0.3 is 9.80 Å². The molecule has 0 atom stereocenters. The molecule has 0 aromatic heterocycles. The molecule has 2 nitrogen and oxygen atoms in total. The van der Waals surface area contributed by atoms with Crippen LogP contribution in [0.4, 0.5) is 34.1 Å². The Hall–Kier alpha value is -6.64. The normalized spacial score (nSPS) is 11.6. The molecular weight excluding hydrogens is 605 g/mol. The maximum absolute atomic E-state index is 2.43. The van der Waals surface area contributed by atoms with Crippen LogP contribution >= 0.6 is 0 Å². The highest BCUT2D eigenvalue weighted by Crippen LogP contribution is 2.49. The number of rotatable bonds is 6. The van der Waals surface area contributed by atoms with Crippen molar-refractivity contribution in [1.82, 2.24) is 0 Å². The fraction of sp³-hybridized carbons (Fsp3) is 0. The minimum atomic E-state index is 1.13. The smallest absolute Gasteiger partial charge is 0.0540 e. The van der Waals surface area contributed by atoms with Crippen LogP contribution in [-0.4, -0.2) is 0 Å². The molecule has 0 amide bonds. The summed E-state index contributed by atoms with van der Waals surface area (Å²) in [7, 11) is 0. The molecule has 0 heterocycles. The topological polar surface area (TPSA) is 6.48 Å². The quantitative estimate of drug-likeness (QED) is 0.168. The van der Waals surface area contributed by atoms with Crippen LogP contribution in [0.5, 0.6) is 0 Å². The third kappa shape index (κ3) is 4.43. The summed E-state index contributed by atoms with van der Waals surface area (Å²) in [6, 6.07) is 70.5. The van der Waals surface area contributed by atoms with Crippen LogP contribution in [0.15, 0.2) is 194 Å². The van der Waals surface area contributed by atoms with Crippen LogP contribution in [0.3, 0.4) is 0 Å². The lowest BCUT2D eigenvalue weighted by Crippen LogP contribution is -2.12. The monoisotopic (exact) mass is 636 g/mol. The number of hydrogen-bond acceptors (Lipinski definition) is 2. The zero-order chi connectivity index (χ0) is 33.0. The summed E-state index contributed by atoms with van der Waals surface area (Å²) in [6.07, 6.45) is 0. The Labute approximate surface area is 291 Å². The van der Waals surface area contributed by atoms with Crippen LogP contribution in [0.2, 0.25) is 0 Å². The summed E-state index contributed by atoms with van der Waals surface area (Å²) in [5.74, 6) is 0. The zero-order valence-electron chi connectivity index (χ0n) is 27.4. The van der Waals surface area contributed by atoms with E-state index in [9.17, 15) is 0 Å². The first-order chi connectivity index (χ1) is 24.8. The first-order valence-electron chi connectivity index (χ1n) is 17.2. The van der Waals surface area contributed by atoms with Crippen molar-refractivity contribution in [3.63, 3.8) is 0 Å². The fourth-order valence-electron chi connectivity index (χ4n) is 7.94. The van der Waals surface area contributed by atoms with Gasteiger partial charge in [-0.2, -0.15) is 0 Å². The zero-order valence-corrected chi connectivity index (χ0v) is 27.4. The molecule has 0 saturated heterocycles. The van der Waals surface area contributed by atoms with E-state index in [0.717, 1.165) is 34.1 Å². The maximum atomic E-state index is 2.43. The highest BCUT2D eigenvalue weighted by molar-refractivity contribution is 6.28. The Morgan fingerprint density at radius 3 is 1.04 bits per heavy atom. The van der Waals surface area contributed by atoms with E-state index in [1.54, 1.807) is 0 Å². The van der Waals surface area contributed by atoms with Crippen molar-refractivity contribution < 1.29 is 0 Å². The van der Waals surface area contributed by atoms with Crippen LogP contribution < -0.4 is 9.80 Å². The molecule has 50 heavy (non-hydrogen) atoms. The van der Waals surface area contributed by atoms with Crippen LogP contribution in [-0.2, 0) is 0 Å². The molecule has 10 rings (SSSR count).